The van der Waals surface area contributed by atoms with E-state index in [0.717, 1.165) is 11.3 Å². The zero-order valence-electron chi connectivity index (χ0n) is 10.6. The molecule has 0 aliphatic rings. The zero-order valence-corrected chi connectivity index (χ0v) is 13.0. The number of rotatable bonds is 7. The molecule has 0 aromatic heterocycles. The van der Waals surface area contributed by atoms with E-state index in [9.17, 15) is 4.79 Å². The van der Waals surface area contributed by atoms with Gasteiger partial charge in [0, 0.05) is 28.9 Å². The first-order chi connectivity index (χ1) is 8.67. The summed E-state index contributed by atoms with van der Waals surface area (Å²) in [6.07, 6.45) is 2.86. The lowest BCUT2D eigenvalue weighted by Crippen LogP contribution is -2.26. The molecule has 0 radical (unpaired) electrons. The number of carbonyl (C=O) groups is 1. The highest BCUT2D eigenvalue weighted by molar-refractivity contribution is 9.09. The van der Waals surface area contributed by atoms with Crippen LogP contribution in [0.1, 0.15) is 16.8 Å². The highest BCUT2D eigenvalue weighted by atomic mass is 79.9. The minimum Gasteiger partial charge on any atom is -0.384 e. The number of halogens is 1. The molecule has 0 spiro atoms. The van der Waals surface area contributed by atoms with Gasteiger partial charge in [0.15, 0.2) is 0 Å². The average molecular weight is 332 g/mol. The van der Waals surface area contributed by atoms with E-state index in [4.69, 9.17) is 4.74 Å². The van der Waals surface area contributed by atoms with Crippen molar-refractivity contribution in [3.8, 4) is 0 Å². The quantitative estimate of drug-likeness (QED) is 0.616. The number of methoxy groups -OCH3 is 1. The molecular formula is C13H18BrNO2S. The number of amides is 1. The van der Waals surface area contributed by atoms with Crippen LogP contribution in [0.2, 0.25) is 0 Å². The van der Waals surface area contributed by atoms with E-state index in [1.165, 1.54) is 0 Å². The van der Waals surface area contributed by atoms with Crippen LogP contribution in [0.3, 0.4) is 0 Å². The van der Waals surface area contributed by atoms with E-state index in [0.29, 0.717) is 18.7 Å². The molecule has 18 heavy (non-hydrogen) atoms. The van der Waals surface area contributed by atoms with Crippen LogP contribution < -0.4 is 5.32 Å². The van der Waals surface area contributed by atoms with Crippen LogP contribution in [0.4, 0.5) is 0 Å². The fourth-order valence-corrected chi connectivity index (χ4v) is 2.35. The molecule has 1 amide bonds. The highest BCUT2D eigenvalue weighted by Gasteiger charge is 2.07. The van der Waals surface area contributed by atoms with Crippen LogP contribution in [0.25, 0.3) is 0 Å². The Kier molecular flexibility index (Phi) is 7.39. The molecule has 0 aliphatic heterocycles. The van der Waals surface area contributed by atoms with Gasteiger partial charge in [0.2, 0.25) is 0 Å². The average Bonchev–Trinajstić information content (AvgIpc) is 2.39. The predicted molar refractivity (Wildman–Crippen MR) is 79.8 cm³/mol. The van der Waals surface area contributed by atoms with Crippen molar-refractivity contribution < 1.29 is 9.53 Å². The minimum atomic E-state index is -0.0280. The normalized spacial score (nSPS) is 12.2. The van der Waals surface area contributed by atoms with Crippen LogP contribution in [0.15, 0.2) is 29.2 Å². The van der Waals surface area contributed by atoms with Crippen LogP contribution in [-0.2, 0) is 4.74 Å². The van der Waals surface area contributed by atoms with Gasteiger partial charge < -0.3 is 10.1 Å². The SMILES string of the molecule is COCC(Br)CCNC(=O)c1ccc(SC)cc1. The van der Waals surface area contributed by atoms with Gasteiger partial charge in [0.05, 0.1) is 6.61 Å². The molecule has 1 N–H and O–H groups in total. The van der Waals surface area contributed by atoms with Gasteiger partial charge in [-0.3, -0.25) is 4.79 Å². The number of benzene rings is 1. The number of carbonyl (C=O) groups excluding carboxylic acids is 1. The topological polar surface area (TPSA) is 38.3 Å². The van der Waals surface area contributed by atoms with Crippen LogP contribution in [0.5, 0.6) is 0 Å². The molecule has 1 unspecified atom stereocenters. The van der Waals surface area contributed by atoms with Crippen molar-refractivity contribution >= 4 is 33.6 Å². The van der Waals surface area contributed by atoms with E-state index in [1.807, 2.05) is 30.5 Å². The van der Waals surface area contributed by atoms with E-state index >= 15 is 0 Å². The second kappa shape index (κ2) is 8.56. The van der Waals surface area contributed by atoms with Crippen molar-refractivity contribution in [2.75, 3.05) is 26.5 Å². The largest absolute Gasteiger partial charge is 0.384 e. The Morgan fingerprint density at radius 2 is 2.11 bits per heavy atom. The smallest absolute Gasteiger partial charge is 0.251 e. The first-order valence-electron chi connectivity index (χ1n) is 5.72. The summed E-state index contributed by atoms with van der Waals surface area (Å²) in [6, 6.07) is 7.61. The molecule has 100 valence electrons. The van der Waals surface area contributed by atoms with Gasteiger partial charge in [-0.05, 0) is 36.9 Å². The van der Waals surface area contributed by atoms with E-state index in [1.54, 1.807) is 18.9 Å². The maximum Gasteiger partial charge on any atom is 0.251 e. The van der Waals surface area contributed by atoms with Crippen molar-refractivity contribution in [2.45, 2.75) is 16.1 Å². The summed E-state index contributed by atoms with van der Waals surface area (Å²) < 4.78 is 5.01. The third kappa shape index (κ3) is 5.42. The highest BCUT2D eigenvalue weighted by Crippen LogP contribution is 2.14. The Bertz CT molecular complexity index is 370. The third-order valence-corrected chi connectivity index (χ3v) is 3.91. The van der Waals surface area contributed by atoms with Gasteiger partial charge >= 0.3 is 0 Å². The second-order valence-electron chi connectivity index (χ2n) is 3.83. The van der Waals surface area contributed by atoms with Gasteiger partial charge in [0.25, 0.3) is 5.91 Å². The maximum absolute atomic E-state index is 11.8. The lowest BCUT2D eigenvalue weighted by atomic mass is 10.2. The Balaban J connectivity index is 2.35. The Morgan fingerprint density at radius 1 is 1.44 bits per heavy atom. The van der Waals surface area contributed by atoms with Crippen molar-refractivity contribution in [2.24, 2.45) is 0 Å². The van der Waals surface area contributed by atoms with Gasteiger partial charge in [-0.1, -0.05) is 15.9 Å². The Morgan fingerprint density at radius 3 is 2.67 bits per heavy atom. The summed E-state index contributed by atoms with van der Waals surface area (Å²) in [6.45, 7) is 1.29. The van der Waals surface area contributed by atoms with Crippen molar-refractivity contribution in [3.63, 3.8) is 0 Å². The first-order valence-corrected chi connectivity index (χ1v) is 7.86. The summed E-state index contributed by atoms with van der Waals surface area (Å²) in [5.41, 5.74) is 0.700. The van der Waals surface area contributed by atoms with Gasteiger partial charge in [0.1, 0.15) is 0 Å². The zero-order chi connectivity index (χ0) is 13.4. The number of hydrogen-bond acceptors (Lipinski definition) is 3. The molecule has 0 heterocycles. The van der Waals surface area contributed by atoms with Crippen molar-refractivity contribution in [3.05, 3.63) is 29.8 Å². The summed E-state index contributed by atoms with van der Waals surface area (Å²) in [5, 5.41) is 2.89. The van der Waals surface area contributed by atoms with E-state index < -0.39 is 0 Å². The lowest BCUT2D eigenvalue weighted by Gasteiger charge is -2.09. The van der Waals surface area contributed by atoms with Crippen LogP contribution in [0, 0.1) is 0 Å². The molecule has 5 heteroatoms. The fraction of sp³-hybridized carbons (Fsp3) is 0.462. The van der Waals surface area contributed by atoms with Crippen LogP contribution >= 0.6 is 27.7 Å². The van der Waals surface area contributed by atoms with Crippen molar-refractivity contribution in [1.29, 1.82) is 0 Å². The molecule has 3 nitrogen and oxygen atoms in total. The Labute approximate surface area is 121 Å². The number of ether oxygens (including phenoxy) is 1. The summed E-state index contributed by atoms with van der Waals surface area (Å²) >= 11 is 5.15. The summed E-state index contributed by atoms with van der Waals surface area (Å²) in [7, 11) is 1.67. The molecule has 0 bridgehead atoms. The fourth-order valence-electron chi connectivity index (χ4n) is 1.45. The van der Waals surface area contributed by atoms with Gasteiger partial charge in [-0.25, -0.2) is 0 Å². The number of nitrogens with one attached hydrogen (secondary N) is 1. The number of hydrogen-bond donors (Lipinski definition) is 1. The monoisotopic (exact) mass is 331 g/mol. The molecule has 0 fully saturated rings. The van der Waals surface area contributed by atoms with E-state index in [-0.39, 0.29) is 10.7 Å². The van der Waals surface area contributed by atoms with Crippen LogP contribution in [-0.4, -0.2) is 37.3 Å². The molecule has 1 rings (SSSR count). The molecular weight excluding hydrogens is 314 g/mol. The van der Waals surface area contributed by atoms with Gasteiger partial charge in [-0.15, -0.1) is 11.8 Å². The summed E-state index contributed by atoms with van der Waals surface area (Å²) in [4.78, 5) is 13.3. The molecule has 1 aromatic rings. The van der Waals surface area contributed by atoms with Crippen molar-refractivity contribution in [1.82, 2.24) is 5.32 Å². The number of alkyl halides is 1. The molecule has 0 saturated heterocycles. The van der Waals surface area contributed by atoms with E-state index in [2.05, 4.69) is 21.2 Å². The van der Waals surface area contributed by atoms with Gasteiger partial charge in [-0.2, -0.15) is 0 Å². The third-order valence-electron chi connectivity index (χ3n) is 2.44. The maximum atomic E-state index is 11.8. The molecule has 1 aromatic carbocycles. The first kappa shape index (κ1) is 15.5. The molecule has 0 aliphatic carbocycles. The predicted octanol–water partition coefficient (Wildman–Crippen LogP) is 2.94. The number of thioether (sulfide) groups is 1. The standard InChI is InChI=1S/C13H18BrNO2S/c1-17-9-11(14)7-8-15-13(16)10-3-5-12(18-2)6-4-10/h3-6,11H,7-9H2,1-2H3,(H,15,16). The second-order valence-corrected chi connectivity index (χ2v) is 6.00. The molecule has 1 atom stereocenters. The summed E-state index contributed by atoms with van der Waals surface area (Å²) in [5.74, 6) is -0.0280. The minimum absolute atomic E-state index is 0.0280. The Hall–Kier alpha value is -0.520. The lowest BCUT2D eigenvalue weighted by molar-refractivity contribution is 0.0952. The molecule has 0 saturated carbocycles.